The van der Waals surface area contributed by atoms with E-state index in [1.165, 1.54) is 11.8 Å². The zero-order chi connectivity index (χ0) is 16.2. The van der Waals surface area contributed by atoms with Gasteiger partial charge in [0, 0.05) is 43.2 Å². The van der Waals surface area contributed by atoms with Crippen LogP contribution in [-0.2, 0) is 9.59 Å². The third-order valence-corrected chi connectivity index (χ3v) is 4.95. The van der Waals surface area contributed by atoms with E-state index < -0.39 is 11.8 Å². The van der Waals surface area contributed by atoms with Crippen molar-refractivity contribution in [1.29, 1.82) is 0 Å². The fourth-order valence-corrected chi connectivity index (χ4v) is 3.56. The SMILES string of the molecule is CN1CCN(c2nccc(/C=C3\SCNC3C(=O)C=O)n2)CC1. The Morgan fingerprint density at radius 3 is 2.91 bits per heavy atom. The third kappa shape index (κ3) is 3.77. The van der Waals surface area contributed by atoms with E-state index in [1.54, 1.807) is 6.20 Å². The van der Waals surface area contributed by atoms with Crippen LogP contribution < -0.4 is 10.2 Å². The molecule has 0 saturated carbocycles. The van der Waals surface area contributed by atoms with Crippen molar-refractivity contribution in [3.8, 4) is 0 Å². The molecule has 3 heterocycles. The van der Waals surface area contributed by atoms with Crippen LogP contribution in [-0.4, -0.2) is 72.1 Å². The summed E-state index contributed by atoms with van der Waals surface area (Å²) in [4.78, 5) is 36.5. The van der Waals surface area contributed by atoms with Crippen LogP contribution in [0.5, 0.6) is 0 Å². The number of likely N-dealkylation sites (N-methyl/N-ethyl adjacent to an activating group) is 1. The highest BCUT2D eigenvalue weighted by atomic mass is 32.2. The lowest BCUT2D eigenvalue weighted by atomic mass is 10.1. The van der Waals surface area contributed by atoms with Crippen molar-refractivity contribution in [2.75, 3.05) is 44.0 Å². The first-order chi connectivity index (χ1) is 11.2. The number of carbonyl (C=O) groups is 2. The number of thioether (sulfide) groups is 1. The van der Waals surface area contributed by atoms with Gasteiger partial charge in [0.05, 0.1) is 5.69 Å². The van der Waals surface area contributed by atoms with Gasteiger partial charge in [-0.3, -0.25) is 14.9 Å². The molecule has 2 saturated heterocycles. The minimum atomic E-state index is -0.542. The molecule has 0 aliphatic carbocycles. The van der Waals surface area contributed by atoms with Crippen molar-refractivity contribution >= 4 is 35.9 Å². The highest BCUT2D eigenvalue weighted by molar-refractivity contribution is 8.03. The van der Waals surface area contributed by atoms with E-state index in [0.29, 0.717) is 18.1 Å². The van der Waals surface area contributed by atoms with Gasteiger partial charge in [-0.05, 0) is 19.2 Å². The van der Waals surface area contributed by atoms with Gasteiger partial charge in [-0.25, -0.2) is 9.97 Å². The summed E-state index contributed by atoms with van der Waals surface area (Å²) in [5.74, 6) is 0.878. The minimum Gasteiger partial charge on any atom is -0.338 e. The van der Waals surface area contributed by atoms with Crippen LogP contribution in [0.2, 0.25) is 0 Å². The maximum Gasteiger partial charge on any atom is 0.225 e. The van der Waals surface area contributed by atoms with Crippen LogP contribution in [0.25, 0.3) is 6.08 Å². The molecular weight excluding hydrogens is 314 g/mol. The smallest absolute Gasteiger partial charge is 0.225 e. The van der Waals surface area contributed by atoms with Gasteiger partial charge in [-0.1, -0.05) is 0 Å². The quantitative estimate of drug-likeness (QED) is 0.609. The van der Waals surface area contributed by atoms with Crippen LogP contribution in [0.15, 0.2) is 17.2 Å². The van der Waals surface area contributed by atoms with Crippen LogP contribution in [0.3, 0.4) is 0 Å². The first-order valence-electron chi connectivity index (χ1n) is 7.50. The molecule has 3 rings (SSSR count). The Balaban J connectivity index is 1.78. The molecule has 0 aromatic carbocycles. The summed E-state index contributed by atoms with van der Waals surface area (Å²) in [6, 6.07) is 1.27. The fraction of sp³-hybridized carbons (Fsp3) is 0.467. The second-order valence-electron chi connectivity index (χ2n) is 5.56. The lowest BCUT2D eigenvalue weighted by Crippen LogP contribution is -2.45. The van der Waals surface area contributed by atoms with E-state index in [-0.39, 0.29) is 0 Å². The zero-order valence-corrected chi connectivity index (χ0v) is 13.8. The monoisotopic (exact) mass is 333 g/mol. The summed E-state index contributed by atoms with van der Waals surface area (Å²) in [5, 5.41) is 3.02. The number of aromatic nitrogens is 2. The molecular formula is C15H19N5O2S. The Morgan fingerprint density at radius 2 is 2.17 bits per heavy atom. The molecule has 0 radical (unpaired) electrons. The lowest BCUT2D eigenvalue weighted by Gasteiger charge is -2.32. The standard InChI is InChI=1S/C15H19N5O2S/c1-19-4-6-20(7-5-19)15-16-3-2-11(18-15)8-13-14(12(22)9-21)17-10-23-13/h2-3,8-9,14,17H,4-7,10H2,1H3/b13-8-. The van der Waals surface area contributed by atoms with Crippen LogP contribution >= 0.6 is 11.8 Å². The number of aldehydes is 1. The molecule has 122 valence electrons. The normalized spacial score (nSPS) is 24.1. The van der Waals surface area contributed by atoms with Crippen molar-refractivity contribution in [3.63, 3.8) is 0 Å². The maximum absolute atomic E-state index is 11.6. The number of nitrogens with one attached hydrogen (secondary N) is 1. The number of anilines is 1. The van der Waals surface area contributed by atoms with Gasteiger partial charge in [0.15, 0.2) is 6.29 Å². The number of Topliss-reactive ketones (excluding diaryl/α,β-unsaturated/α-hetero) is 1. The Kier molecular flexibility index (Phi) is 5.04. The topological polar surface area (TPSA) is 78.4 Å². The predicted molar refractivity (Wildman–Crippen MR) is 90.2 cm³/mol. The third-order valence-electron chi connectivity index (χ3n) is 3.95. The van der Waals surface area contributed by atoms with Crippen molar-refractivity contribution in [1.82, 2.24) is 20.2 Å². The molecule has 0 bridgehead atoms. The van der Waals surface area contributed by atoms with E-state index in [2.05, 4.69) is 32.1 Å². The molecule has 2 aliphatic heterocycles. The number of carbonyl (C=O) groups excluding carboxylic acids is 2. The molecule has 8 heteroatoms. The molecule has 7 nitrogen and oxygen atoms in total. The molecule has 2 aliphatic rings. The Morgan fingerprint density at radius 1 is 1.39 bits per heavy atom. The van der Waals surface area contributed by atoms with Gasteiger partial charge >= 0.3 is 0 Å². The summed E-state index contributed by atoms with van der Waals surface area (Å²) < 4.78 is 0. The van der Waals surface area contributed by atoms with Gasteiger partial charge < -0.3 is 9.80 Å². The number of hydrogen-bond donors (Lipinski definition) is 1. The summed E-state index contributed by atoms with van der Waals surface area (Å²) in [6.07, 6.45) is 3.96. The second-order valence-corrected chi connectivity index (χ2v) is 6.61. The molecule has 2 fully saturated rings. The number of piperazine rings is 1. The highest BCUT2D eigenvalue weighted by Crippen LogP contribution is 2.27. The zero-order valence-electron chi connectivity index (χ0n) is 12.9. The Labute approximate surface area is 139 Å². The number of nitrogens with zero attached hydrogens (tertiary/aromatic N) is 4. The lowest BCUT2D eigenvalue weighted by molar-refractivity contribution is -0.130. The van der Waals surface area contributed by atoms with Gasteiger partial charge in [-0.2, -0.15) is 0 Å². The predicted octanol–water partition coefficient (Wildman–Crippen LogP) is -0.000200. The highest BCUT2D eigenvalue weighted by Gasteiger charge is 2.27. The number of hydrogen-bond acceptors (Lipinski definition) is 8. The Hall–Kier alpha value is -1.77. The molecule has 23 heavy (non-hydrogen) atoms. The largest absolute Gasteiger partial charge is 0.338 e. The molecule has 0 spiro atoms. The molecule has 1 unspecified atom stereocenters. The molecule has 1 N–H and O–H groups in total. The average Bonchev–Trinajstić information content (AvgIpc) is 3.03. The van der Waals surface area contributed by atoms with Gasteiger partial charge in [0.1, 0.15) is 6.04 Å². The van der Waals surface area contributed by atoms with Crippen LogP contribution in [0, 0.1) is 0 Å². The van der Waals surface area contributed by atoms with E-state index in [0.717, 1.165) is 36.8 Å². The van der Waals surface area contributed by atoms with Gasteiger partial charge in [0.25, 0.3) is 0 Å². The van der Waals surface area contributed by atoms with E-state index in [4.69, 9.17) is 0 Å². The van der Waals surface area contributed by atoms with Crippen LogP contribution in [0.4, 0.5) is 5.95 Å². The first-order valence-corrected chi connectivity index (χ1v) is 8.49. The molecule has 1 aromatic heterocycles. The van der Waals surface area contributed by atoms with Gasteiger partial charge in [0.2, 0.25) is 11.7 Å². The van der Waals surface area contributed by atoms with E-state index >= 15 is 0 Å². The minimum absolute atomic E-state index is 0.368. The van der Waals surface area contributed by atoms with Crippen molar-refractivity contribution in [2.24, 2.45) is 0 Å². The van der Waals surface area contributed by atoms with E-state index in [9.17, 15) is 9.59 Å². The summed E-state index contributed by atoms with van der Waals surface area (Å²) in [5.41, 5.74) is 0.754. The second kappa shape index (κ2) is 7.20. The number of ketones is 1. The van der Waals surface area contributed by atoms with Gasteiger partial charge in [-0.15, -0.1) is 11.8 Å². The summed E-state index contributed by atoms with van der Waals surface area (Å²) >= 11 is 1.52. The van der Waals surface area contributed by atoms with E-state index in [1.807, 2.05) is 12.1 Å². The number of rotatable bonds is 4. The van der Waals surface area contributed by atoms with Crippen molar-refractivity contribution in [3.05, 3.63) is 22.9 Å². The summed E-state index contributed by atoms with van der Waals surface area (Å²) in [7, 11) is 2.10. The van der Waals surface area contributed by atoms with Crippen molar-refractivity contribution in [2.45, 2.75) is 6.04 Å². The summed E-state index contributed by atoms with van der Waals surface area (Å²) in [6.45, 7) is 3.78. The molecule has 0 amide bonds. The maximum atomic E-state index is 11.6. The van der Waals surface area contributed by atoms with Crippen molar-refractivity contribution < 1.29 is 9.59 Å². The Bertz CT molecular complexity index is 628. The molecule has 1 atom stereocenters. The average molecular weight is 333 g/mol. The fourth-order valence-electron chi connectivity index (χ4n) is 2.57. The van der Waals surface area contributed by atoms with Crippen LogP contribution in [0.1, 0.15) is 5.69 Å². The molecule has 1 aromatic rings. The first kappa shape index (κ1) is 16.1.